The first kappa shape index (κ1) is 21.0. The molecule has 1 aliphatic heterocycles. The molecular formula is C20H37NO3. The summed E-state index contributed by atoms with van der Waals surface area (Å²) in [4.78, 5) is 26.4. The van der Waals surface area contributed by atoms with Gasteiger partial charge < -0.3 is 9.64 Å². The van der Waals surface area contributed by atoms with Crippen LogP contribution in [0, 0.1) is 0 Å². The van der Waals surface area contributed by atoms with Crippen molar-refractivity contribution < 1.29 is 14.3 Å². The third-order valence-corrected chi connectivity index (χ3v) is 4.83. The quantitative estimate of drug-likeness (QED) is 0.356. The monoisotopic (exact) mass is 339 g/mol. The van der Waals surface area contributed by atoms with Crippen LogP contribution >= 0.6 is 0 Å². The molecule has 1 atom stereocenters. The lowest BCUT2D eigenvalue weighted by Crippen LogP contribution is -2.41. The topological polar surface area (TPSA) is 46.6 Å². The largest absolute Gasteiger partial charge is 0.464 e. The number of carbonyl (C=O) groups is 2. The highest BCUT2D eigenvalue weighted by Gasteiger charge is 2.34. The molecule has 0 aromatic rings. The van der Waals surface area contributed by atoms with Crippen LogP contribution in [0.4, 0.5) is 0 Å². The lowest BCUT2D eigenvalue weighted by molar-refractivity contribution is -0.153. The second kappa shape index (κ2) is 13.3. The zero-order valence-electron chi connectivity index (χ0n) is 15.9. The van der Waals surface area contributed by atoms with Crippen molar-refractivity contribution >= 4 is 11.9 Å². The average Bonchev–Trinajstić information content (AvgIpc) is 3.07. The smallest absolute Gasteiger partial charge is 0.328 e. The van der Waals surface area contributed by atoms with Crippen LogP contribution in [-0.2, 0) is 14.3 Å². The van der Waals surface area contributed by atoms with Crippen LogP contribution < -0.4 is 0 Å². The molecule has 0 aromatic carbocycles. The van der Waals surface area contributed by atoms with Crippen molar-refractivity contribution in [2.24, 2.45) is 0 Å². The molecule has 4 heteroatoms. The third-order valence-electron chi connectivity index (χ3n) is 4.83. The molecule has 1 unspecified atom stereocenters. The van der Waals surface area contributed by atoms with Gasteiger partial charge in [0.2, 0.25) is 5.91 Å². The van der Waals surface area contributed by atoms with E-state index >= 15 is 0 Å². The van der Waals surface area contributed by atoms with Crippen LogP contribution in [0.5, 0.6) is 0 Å². The summed E-state index contributed by atoms with van der Waals surface area (Å²) in [5.41, 5.74) is 0. The summed E-state index contributed by atoms with van der Waals surface area (Å²) in [5, 5.41) is 0. The molecule has 1 rings (SSSR count). The fraction of sp³-hybridized carbons (Fsp3) is 0.900. The highest BCUT2D eigenvalue weighted by atomic mass is 16.5. The van der Waals surface area contributed by atoms with Crippen molar-refractivity contribution in [3.05, 3.63) is 0 Å². The maximum Gasteiger partial charge on any atom is 0.328 e. The SMILES string of the molecule is CCCCCCCOC(=O)C1CCCN1C(=O)CCCCCCC. The molecule has 0 N–H and O–H groups in total. The Labute approximate surface area is 148 Å². The minimum absolute atomic E-state index is 0.133. The van der Waals surface area contributed by atoms with E-state index in [1.165, 1.54) is 38.5 Å². The Morgan fingerprint density at radius 1 is 0.917 bits per heavy atom. The predicted octanol–water partition coefficient (Wildman–Crippen LogP) is 4.85. The maximum atomic E-state index is 12.4. The minimum atomic E-state index is -0.330. The highest BCUT2D eigenvalue weighted by Crippen LogP contribution is 2.21. The Kier molecular flexibility index (Phi) is 11.6. The Morgan fingerprint density at radius 2 is 1.54 bits per heavy atom. The summed E-state index contributed by atoms with van der Waals surface area (Å²) in [6.07, 6.45) is 13.7. The summed E-state index contributed by atoms with van der Waals surface area (Å²) in [6, 6.07) is -0.330. The molecule has 140 valence electrons. The van der Waals surface area contributed by atoms with Crippen molar-refractivity contribution in [1.82, 2.24) is 4.90 Å². The van der Waals surface area contributed by atoms with Gasteiger partial charge >= 0.3 is 5.97 Å². The van der Waals surface area contributed by atoms with E-state index in [1.807, 2.05) is 0 Å². The Hall–Kier alpha value is -1.06. The van der Waals surface area contributed by atoms with Crippen molar-refractivity contribution in [2.45, 2.75) is 103 Å². The van der Waals surface area contributed by atoms with Crippen molar-refractivity contribution in [3.8, 4) is 0 Å². The number of rotatable bonds is 13. The van der Waals surface area contributed by atoms with E-state index in [2.05, 4.69) is 13.8 Å². The first-order chi connectivity index (χ1) is 11.7. The van der Waals surface area contributed by atoms with Gasteiger partial charge in [0.05, 0.1) is 6.61 Å². The molecule has 1 heterocycles. The molecule has 4 nitrogen and oxygen atoms in total. The third kappa shape index (κ3) is 8.16. The molecule has 0 aromatic heterocycles. The molecule has 1 aliphatic rings. The number of esters is 1. The number of carbonyl (C=O) groups excluding carboxylic acids is 2. The van der Waals surface area contributed by atoms with Gasteiger partial charge in [-0.05, 0) is 25.7 Å². The number of nitrogens with zero attached hydrogens (tertiary/aromatic N) is 1. The molecule has 0 saturated carbocycles. The summed E-state index contributed by atoms with van der Waals surface area (Å²) in [5.74, 6) is -0.0591. The summed E-state index contributed by atoms with van der Waals surface area (Å²) < 4.78 is 5.41. The van der Waals surface area contributed by atoms with E-state index in [1.54, 1.807) is 4.90 Å². The van der Waals surface area contributed by atoms with Gasteiger partial charge in [0.25, 0.3) is 0 Å². The number of amides is 1. The zero-order valence-corrected chi connectivity index (χ0v) is 15.9. The van der Waals surface area contributed by atoms with Crippen molar-refractivity contribution in [3.63, 3.8) is 0 Å². The molecule has 0 radical (unpaired) electrons. The number of unbranched alkanes of at least 4 members (excludes halogenated alkanes) is 8. The summed E-state index contributed by atoms with van der Waals surface area (Å²) in [6.45, 7) is 5.59. The zero-order chi connectivity index (χ0) is 17.6. The fourth-order valence-corrected chi connectivity index (χ4v) is 3.31. The second-order valence-electron chi connectivity index (χ2n) is 6.99. The molecule has 24 heavy (non-hydrogen) atoms. The van der Waals surface area contributed by atoms with E-state index in [0.717, 1.165) is 38.5 Å². The van der Waals surface area contributed by atoms with Gasteiger partial charge in [-0.2, -0.15) is 0 Å². The van der Waals surface area contributed by atoms with Crippen molar-refractivity contribution in [2.75, 3.05) is 13.2 Å². The lowest BCUT2D eigenvalue weighted by atomic mass is 10.1. The average molecular weight is 340 g/mol. The molecule has 0 spiro atoms. The first-order valence-electron chi connectivity index (χ1n) is 10.2. The van der Waals surface area contributed by atoms with Crippen LogP contribution in [0.15, 0.2) is 0 Å². The predicted molar refractivity (Wildman–Crippen MR) is 97.8 cm³/mol. The number of hydrogen-bond acceptors (Lipinski definition) is 3. The Balaban J connectivity index is 2.22. The molecule has 1 fully saturated rings. The van der Waals surface area contributed by atoms with E-state index < -0.39 is 0 Å². The molecular weight excluding hydrogens is 302 g/mol. The Bertz CT molecular complexity index is 357. The number of ether oxygens (including phenoxy) is 1. The van der Waals surface area contributed by atoms with Gasteiger partial charge in [-0.3, -0.25) is 4.79 Å². The molecule has 0 aliphatic carbocycles. The van der Waals surface area contributed by atoms with Gasteiger partial charge in [0.1, 0.15) is 6.04 Å². The number of likely N-dealkylation sites (tertiary alicyclic amines) is 1. The van der Waals surface area contributed by atoms with Crippen LogP contribution in [-0.4, -0.2) is 36.0 Å². The maximum absolute atomic E-state index is 12.4. The van der Waals surface area contributed by atoms with Gasteiger partial charge in [0, 0.05) is 13.0 Å². The van der Waals surface area contributed by atoms with Crippen LogP contribution in [0.1, 0.15) is 97.3 Å². The molecule has 1 amide bonds. The van der Waals surface area contributed by atoms with Crippen molar-refractivity contribution in [1.29, 1.82) is 0 Å². The Morgan fingerprint density at radius 3 is 2.21 bits per heavy atom. The van der Waals surface area contributed by atoms with Gasteiger partial charge in [-0.1, -0.05) is 65.2 Å². The fourth-order valence-electron chi connectivity index (χ4n) is 3.31. The normalized spacial score (nSPS) is 17.2. The molecule has 1 saturated heterocycles. The highest BCUT2D eigenvalue weighted by molar-refractivity contribution is 5.85. The van der Waals surface area contributed by atoms with E-state index in [4.69, 9.17) is 4.74 Å². The standard InChI is InChI=1S/C20H37NO3/c1-3-5-7-9-11-15-19(22)21-16-13-14-18(21)20(23)24-17-12-10-8-6-4-2/h18H,3-17H2,1-2H3. The van der Waals surface area contributed by atoms with E-state index in [9.17, 15) is 9.59 Å². The van der Waals surface area contributed by atoms with Crippen LogP contribution in [0.25, 0.3) is 0 Å². The van der Waals surface area contributed by atoms with Gasteiger partial charge in [-0.15, -0.1) is 0 Å². The summed E-state index contributed by atoms with van der Waals surface area (Å²) >= 11 is 0. The van der Waals surface area contributed by atoms with Crippen LogP contribution in [0.3, 0.4) is 0 Å². The van der Waals surface area contributed by atoms with Gasteiger partial charge in [0.15, 0.2) is 0 Å². The number of hydrogen-bond donors (Lipinski definition) is 0. The first-order valence-corrected chi connectivity index (χ1v) is 10.2. The summed E-state index contributed by atoms with van der Waals surface area (Å²) in [7, 11) is 0. The van der Waals surface area contributed by atoms with E-state index in [0.29, 0.717) is 19.6 Å². The second-order valence-corrected chi connectivity index (χ2v) is 6.99. The van der Waals surface area contributed by atoms with E-state index in [-0.39, 0.29) is 17.9 Å². The minimum Gasteiger partial charge on any atom is -0.464 e. The van der Waals surface area contributed by atoms with Crippen LogP contribution in [0.2, 0.25) is 0 Å². The molecule has 0 bridgehead atoms. The lowest BCUT2D eigenvalue weighted by Gasteiger charge is -2.23. The van der Waals surface area contributed by atoms with Gasteiger partial charge in [-0.25, -0.2) is 4.79 Å².